The molecule has 0 aliphatic heterocycles. The van der Waals surface area contributed by atoms with Crippen molar-refractivity contribution in [1.82, 2.24) is 19.7 Å². The van der Waals surface area contributed by atoms with Gasteiger partial charge in [-0.25, -0.2) is 4.98 Å². The number of rotatable bonds is 4. The molecule has 4 aromatic rings. The van der Waals surface area contributed by atoms with E-state index in [0.717, 1.165) is 39.3 Å². The van der Waals surface area contributed by atoms with E-state index in [9.17, 15) is 0 Å². The van der Waals surface area contributed by atoms with Gasteiger partial charge in [-0.3, -0.25) is 5.10 Å². The topological polar surface area (TPSA) is 65.0 Å². The lowest BCUT2D eigenvalue weighted by Crippen LogP contribution is -1.97. The number of nitrogens with zero attached hydrogens (tertiary/aromatic N) is 3. The van der Waals surface area contributed by atoms with Crippen molar-refractivity contribution in [2.24, 2.45) is 7.05 Å². The summed E-state index contributed by atoms with van der Waals surface area (Å²) in [6, 6.07) is 15.7. The van der Waals surface area contributed by atoms with Crippen molar-refractivity contribution < 1.29 is 9.47 Å². The number of pyridine rings is 1. The van der Waals surface area contributed by atoms with Gasteiger partial charge in [-0.15, -0.1) is 0 Å². The highest BCUT2D eigenvalue weighted by Crippen LogP contribution is 2.36. The molecule has 0 unspecified atom stereocenters. The quantitative estimate of drug-likeness (QED) is 0.534. The maximum Gasteiger partial charge on any atom is 0.195 e. The van der Waals surface area contributed by atoms with Crippen molar-refractivity contribution in [3.63, 3.8) is 0 Å². The third-order valence-corrected chi connectivity index (χ3v) is 4.89. The van der Waals surface area contributed by atoms with Crippen LogP contribution in [-0.2, 0) is 7.05 Å². The maximum atomic E-state index is 5.56. The molecule has 2 aromatic carbocycles. The van der Waals surface area contributed by atoms with Crippen LogP contribution in [0.4, 0.5) is 0 Å². The van der Waals surface area contributed by atoms with Gasteiger partial charge in [-0.05, 0) is 36.5 Å². The first-order chi connectivity index (χ1) is 13.1. The molecule has 0 aliphatic rings. The zero-order chi connectivity index (χ0) is 19.0. The number of para-hydroxylation sites is 1. The number of hydrogen-bond acceptors (Lipinski definition) is 5. The van der Waals surface area contributed by atoms with Crippen LogP contribution in [0, 0.1) is 4.77 Å². The Kier molecular flexibility index (Phi) is 4.37. The van der Waals surface area contributed by atoms with Crippen LogP contribution in [0.1, 0.15) is 0 Å². The first-order valence-electron chi connectivity index (χ1n) is 8.36. The van der Waals surface area contributed by atoms with Crippen molar-refractivity contribution >= 4 is 23.1 Å². The fraction of sp³-hybridized carbons (Fsp3) is 0.150. The van der Waals surface area contributed by atoms with E-state index in [2.05, 4.69) is 10.2 Å². The van der Waals surface area contributed by atoms with Crippen molar-refractivity contribution in [1.29, 1.82) is 0 Å². The van der Waals surface area contributed by atoms with E-state index in [1.807, 2.05) is 60.1 Å². The summed E-state index contributed by atoms with van der Waals surface area (Å²) in [4.78, 5) is 4.84. The smallest absolute Gasteiger partial charge is 0.195 e. The van der Waals surface area contributed by atoms with Crippen LogP contribution in [0.25, 0.3) is 33.5 Å². The van der Waals surface area contributed by atoms with Crippen LogP contribution in [0.2, 0.25) is 0 Å². The van der Waals surface area contributed by atoms with Crippen molar-refractivity contribution in [2.75, 3.05) is 14.2 Å². The molecule has 0 aliphatic carbocycles. The number of methoxy groups -OCH3 is 2. The zero-order valence-electron chi connectivity index (χ0n) is 15.2. The molecule has 0 saturated carbocycles. The zero-order valence-corrected chi connectivity index (χ0v) is 16.0. The lowest BCUT2D eigenvalue weighted by Gasteiger charge is -2.13. The van der Waals surface area contributed by atoms with Gasteiger partial charge in [-0.2, -0.15) is 5.10 Å². The van der Waals surface area contributed by atoms with E-state index >= 15 is 0 Å². The van der Waals surface area contributed by atoms with Gasteiger partial charge in [0.05, 0.1) is 25.4 Å². The molecule has 0 atom stereocenters. The Labute approximate surface area is 161 Å². The Hall–Kier alpha value is -3.19. The SMILES string of the molecule is COc1ccc(-c2cc(-c3n[nH]c(=S)n3C)c3ccccc3n2)c(OC)c1. The Morgan fingerprint density at radius 3 is 2.52 bits per heavy atom. The molecule has 7 heteroatoms. The normalized spacial score (nSPS) is 10.9. The van der Waals surface area contributed by atoms with Crippen molar-refractivity contribution in [3.05, 3.63) is 53.3 Å². The van der Waals surface area contributed by atoms with Crippen LogP contribution < -0.4 is 9.47 Å². The highest BCUT2D eigenvalue weighted by Gasteiger charge is 2.16. The minimum atomic E-state index is 0.564. The molecule has 2 heterocycles. The van der Waals surface area contributed by atoms with Crippen LogP contribution in [0.15, 0.2) is 48.5 Å². The van der Waals surface area contributed by atoms with Gasteiger partial charge in [0.1, 0.15) is 11.5 Å². The van der Waals surface area contributed by atoms with E-state index in [1.165, 1.54) is 0 Å². The molecule has 0 saturated heterocycles. The number of nitrogens with one attached hydrogen (secondary N) is 1. The molecule has 4 rings (SSSR count). The van der Waals surface area contributed by atoms with Crippen LogP contribution in [0.5, 0.6) is 11.5 Å². The molecule has 6 nitrogen and oxygen atoms in total. The number of ether oxygens (including phenoxy) is 2. The van der Waals surface area contributed by atoms with Gasteiger partial charge in [0.2, 0.25) is 0 Å². The molecule has 0 radical (unpaired) electrons. The summed E-state index contributed by atoms with van der Waals surface area (Å²) in [5.41, 5.74) is 3.49. The van der Waals surface area contributed by atoms with E-state index in [-0.39, 0.29) is 0 Å². The number of aromatic nitrogens is 4. The Morgan fingerprint density at radius 2 is 1.81 bits per heavy atom. The molecule has 136 valence electrons. The van der Waals surface area contributed by atoms with Gasteiger partial charge in [0.15, 0.2) is 10.6 Å². The molecule has 0 fully saturated rings. The predicted octanol–water partition coefficient (Wildman–Crippen LogP) is 4.38. The summed E-state index contributed by atoms with van der Waals surface area (Å²) in [6.07, 6.45) is 0. The monoisotopic (exact) mass is 378 g/mol. The highest BCUT2D eigenvalue weighted by molar-refractivity contribution is 7.71. The predicted molar refractivity (Wildman–Crippen MR) is 108 cm³/mol. The van der Waals surface area contributed by atoms with Crippen LogP contribution in [0.3, 0.4) is 0 Å². The minimum absolute atomic E-state index is 0.564. The largest absolute Gasteiger partial charge is 0.497 e. The summed E-state index contributed by atoms with van der Waals surface area (Å²) >= 11 is 5.29. The maximum absolute atomic E-state index is 5.56. The molecule has 0 amide bonds. The summed E-state index contributed by atoms with van der Waals surface area (Å²) in [5.74, 6) is 2.18. The second-order valence-electron chi connectivity index (χ2n) is 6.05. The van der Waals surface area contributed by atoms with Crippen molar-refractivity contribution in [2.45, 2.75) is 0 Å². The molecular formula is C20H18N4O2S. The Balaban J connectivity index is 2.01. The number of hydrogen-bond donors (Lipinski definition) is 1. The minimum Gasteiger partial charge on any atom is -0.497 e. The fourth-order valence-corrected chi connectivity index (χ4v) is 3.23. The van der Waals surface area contributed by atoms with Gasteiger partial charge in [-0.1, -0.05) is 18.2 Å². The second kappa shape index (κ2) is 6.85. The number of aromatic amines is 1. The molecule has 0 bridgehead atoms. The lowest BCUT2D eigenvalue weighted by atomic mass is 10.0. The third-order valence-electron chi connectivity index (χ3n) is 4.52. The van der Waals surface area contributed by atoms with Crippen LogP contribution >= 0.6 is 12.2 Å². The third kappa shape index (κ3) is 2.96. The number of H-pyrrole nitrogens is 1. The van der Waals surface area contributed by atoms with Gasteiger partial charge in [0, 0.05) is 29.6 Å². The van der Waals surface area contributed by atoms with Gasteiger partial charge in [0.25, 0.3) is 0 Å². The summed E-state index contributed by atoms with van der Waals surface area (Å²) < 4.78 is 13.3. The standard InChI is InChI=1S/C20H18N4O2S/c1-24-19(22-23-20(24)27)15-11-17(21-16-7-5-4-6-13(15)16)14-9-8-12(25-2)10-18(14)26-3/h4-11H,1-3H3,(H,23,27). The molecule has 1 N–H and O–H groups in total. The molecule has 2 aromatic heterocycles. The van der Waals surface area contributed by atoms with Crippen LogP contribution in [-0.4, -0.2) is 34.0 Å². The number of fused-ring (bicyclic) bond motifs is 1. The first kappa shape index (κ1) is 17.2. The van der Waals surface area contributed by atoms with Gasteiger partial charge < -0.3 is 14.0 Å². The van der Waals surface area contributed by atoms with Gasteiger partial charge >= 0.3 is 0 Å². The second-order valence-corrected chi connectivity index (χ2v) is 6.44. The first-order valence-corrected chi connectivity index (χ1v) is 8.77. The van der Waals surface area contributed by atoms with E-state index < -0.39 is 0 Å². The summed E-state index contributed by atoms with van der Waals surface area (Å²) in [7, 11) is 5.16. The average molecular weight is 378 g/mol. The molecule has 27 heavy (non-hydrogen) atoms. The van der Waals surface area contributed by atoms with Crippen molar-refractivity contribution in [3.8, 4) is 34.1 Å². The Morgan fingerprint density at radius 1 is 1.00 bits per heavy atom. The lowest BCUT2D eigenvalue weighted by molar-refractivity contribution is 0.395. The summed E-state index contributed by atoms with van der Waals surface area (Å²) in [5, 5.41) is 8.26. The Bertz CT molecular complexity index is 1200. The molecular weight excluding hydrogens is 360 g/mol. The van der Waals surface area contributed by atoms with E-state index in [1.54, 1.807) is 14.2 Å². The fourth-order valence-electron chi connectivity index (χ4n) is 3.10. The average Bonchev–Trinajstić information content (AvgIpc) is 3.05. The van der Waals surface area contributed by atoms with E-state index in [4.69, 9.17) is 26.7 Å². The molecule has 0 spiro atoms. The number of benzene rings is 2. The van der Waals surface area contributed by atoms with E-state index in [0.29, 0.717) is 10.5 Å². The summed E-state index contributed by atoms with van der Waals surface area (Å²) in [6.45, 7) is 0. The highest BCUT2D eigenvalue weighted by atomic mass is 32.1.